The highest BCUT2D eigenvalue weighted by Crippen LogP contribution is 2.24. The number of hydrogen-bond acceptors (Lipinski definition) is 5. The maximum absolute atomic E-state index is 13.8. The standard InChI is InChI=1S/C23H24FN5O2S/c1-4-13-29-20(14-21(30)26-19-8-6-5-7-18(19)24)27-28-23(29)32-16(3)22(31)25-17-11-9-15(2)10-12-17/h4-12,16H,1,13-14H2,2-3H3,(H,25,31)(H,26,30). The number of halogens is 1. The van der Waals surface area contributed by atoms with Gasteiger partial charge >= 0.3 is 0 Å². The van der Waals surface area contributed by atoms with Crippen molar-refractivity contribution in [1.29, 1.82) is 0 Å². The van der Waals surface area contributed by atoms with Gasteiger partial charge in [0.05, 0.1) is 17.4 Å². The molecule has 0 aliphatic rings. The summed E-state index contributed by atoms with van der Waals surface area (Å²) in [5, 5.41) is 13.7. The molecule has 7 nitrogen and oxygen atoms in total. The summed E-state index contributed by atoms with van der Waals surface area (Å²) in [6.07, 6.45) is 1.56. The van der Waals surface area contributed by atoms with Crippen molar-refractivity contribution in [2.75, 3.05) is 10.6 Å². The number of rotatable bonds is 9. The molecule has 0 radical (unpaired) electrons. The summed E-state index contributed by atoms with van der Waals surface area (Å²) in [6.45, 7) is 7.85. The number of carbonyl (C=O) groups is 2. The van der Waals surface area contributed by atoms with Gasteiger partial charge in [0.1, 0.15) is 11.6 Å². The van der Waals surface area contributed by atoms with Gasteiger partial charge in [-0.15, -0.1) is 16.8 Å². The van der Waals surface area contributed by atoms with E-state index in [1.165, 1.54) is 23.9 Å². The summed E-state index contributed by atoms with van der Waals surface area (Å²) in [5.41, 5.74) is 1.92. The molecule has 1 unspecified atom stereocenters. The van der Waals surface area contributed by atoms with E-state index in [1.807, 2.05) is 31.2 Å². The molecule has 0 saturated carbocycles. The number of benzene rings is 2. The van der Waals surface area contributed by atoms with Gasteiger partial charge in [-0.05, 0) is 38.1 Å². The lowest BCUT2D eigenvalue weighted by Gasteiger charge is -2.13. The zero-order chi connectivity index (χ0) is 23.1. The van der Waals surface area contributed by atoms with Gasteiger partial charge in [0, 0.05) is 12.2 Å². The minimum absolute atomic E-state index is 0.0975. The van der Waals surface area contributed by atoms with Crippen LogP contribution in [0.1, 0.15) is 18.3 Å². The number of allylic oxidation sites excluding steroid dienone is 1. The molecule has 3 rings (SSSR count). The molecule has 3 aromatic rings. The molecule has 9 heteroatoms. The van der Waals surface area contributed by atoms with E-state index in [2.05, 4.69) is 27.4 Å². The van der Waals surface area contributed by atoms with E-state index in [1.54, 1.807) is 29.7 Å². The van der Waals surface area contributed by atoms with Gasteiger partial charge in [0.2, 0.25) is 11.8 Å². The molecular weight excluding hydrogens is 429 g/mol. The number of aryl methyl sites for hydroxylation is 1. The van der Waals surface area contributed by atoms with Crippen molar-refractivity contribution in [2.45, 2.75) is 37.2 Å². The van der Waals surface area contributed by atoms with Crippen LogP contribution in [0.4, 0.5) is 15.8 Å². The molecule has 2 aromatic carbocycles. The molecule has 0 fully saturated rings. The summed E-state index contributed by atoms with van der Waals surface area (Å²) in [5.74, 6) is -0.717. The van der Waals surface area contributed by atoms with Gasteiger partial charge < -0.3 is 15.2 Å². The van der Waals surface area contributed by atoms with Crippen LogP contribution in [0, 0.1) is 12.7 Å². The first-order valence-electron chi connectivity index (χ1n) is 9.99. The number of thioether (sulfide) groups is 1. The Bertz CT molecular complexity index is 1110. The second-order valence-electron chi connectivity index (χ2n) is 7.12. The summed E-state index contributed by atoms with van der Waals surface area (Å²) in [4.78, 5) is 25.0. The number of hydrogen-bond donors (Lipinski definition) is 2. The molecule has 1 heterocycles. The predicted octanol–water partition coefficient (Wildman–Crippen LogP) is 4.21. The fourth-order valence-corrected chi connectivity index (χ4v) is 3.72. The third-order valence-electron chi connectivity index (χ3n) is 4.54. The monoisotopic (exact) mass is 453 g/mol. The fourth-order valence-electron chi connectivity index (χ4n) is 2.84. The minimum atomic E-state index is -0.516. The smallest absolute Gasteiger partial charge is 0.237 e. The minimum Gasteiger partial charge on any atom is -0.325 e. The third-order valence-corrected chi connectivity index (χ3v) is 5.62. The molecule has 1 atom stereocenters. The van der Waals surface area contributed by atoms with Crippen LogP contribution in [0.2, 0.25) is 0 Å². The molecule has 1 aromatic heterocycles. The number of para-hydroxylation sites is 1. The van der Waals surface area contributed by atoms with Gasteiger partial charge in [-0.25, -0.2) is 4.39 Å². The van der Waals surface area contributed by atoms with E-state index in [0.29, 0.717) is 23.2 Å². The van der Waals surface area contributed by atoms with Gasteiger partial charge in [0.15, 0.2) is 5.16 Å². The summed E-state index contributed by atoms with van der Waals surface area (Å²) in [7, 11) is 0. The maximum Gasteiger partial charge on any atom is 0.237 e. The van der Waals surface area contributed by atoms with E-state index in [-0.39, 0.29) is 18.0 Å². The zero-order valence-electron chi connectivity index (χ0n) is 17.8. The van der Waals surface area contributed by atoms with Crippen LogP contribution in [0.25, 0.3) is 0 Å². The van der Waals surface area contributed by atoms with Crippen LogP contribution in [-0.4, -0.2) is 31.8 Å². The average Bonchev–Trinajstić information content (AvgIpc) is 3.12. The maximum atomic E-state index is 13.8. The lowest BCUT2D eigenvalue weighted by atomic mass is 10.2. The molecule has 0 saturated heterocycles. The van der Waals surface area contributed by atoms with E-state index in [0.717, 1.165) is 5.56 Å². The predicted molar refractivity (Wildman–Crippen MR) is 124 cm³/mol. The van der Waals surface area contributed by atoms with Crippen molar-refractivity contribution < 1.29 is 14.0 Å². The molecule has 166 valence electrons. The number of carbonyl (C=O) groups excluding carboxylic acids is 2. The van der Waals surface area contributed by atoms with Gasteiger partial charge in [0.25, 0.3) is 0 Å². The quantitative estimate of drug-likeness (QED) is 0.374. The van der Waals surface area contributed by atoms with Crippen LogP contribution in [0.15, 0.2) is 66.3 Å². The van der Waals surface area contributed by atoms with Gasteiger partial charge in [-0.2, -0.15) is 0 Å². The van der Waals surface area contributed by atoms with E-state index in [4.69, 9.17) is 0 Å². The highest BCUT2D eigenvalue weighted by molar-refractivity contribution is 8.00. The third kappa shape index (κ3) is 6.04. The van der Waals surface area contributed by atoms with Gasteiger partial charge in [-0.3, -0.25) is 9.59 Å². The summed E-state index contributed by atoms with van der Waals surface area (Å²) in [6, 6.07) is 13.5. The SMILES string of the molecule is C=CCn1c(CC(=O)Nc2ccccc2F)nnc1SC(C)C(=O)Nc1ccc(C)cc1. The second-order valence-corrected chi connectivity index (χ2v) is 8.43. The van der Waals surface area contributed by atoms with Crippen LogP contribution >= 0.6 is 11.8 Å². The Kier molecular flexibility index (Phi) is 7.77. The number of aromatic nitrogens is 3. The number of amides is 2. The van der Waals surface area contributed by atoms with Crippen molar-refractivity contribution in [1.82, 2.24) is 14.8 Å². The topological polar surface area (TPSA) is 88.9 Å². The summed E-state index contributed by atoms with van der Waals surface area (Å²) < 4.78 is 15.5. The molecule has 32 heavy (non-hydrogen) atoms. The van der Waals surface area contributed by atoms with Crippen LogP contribution in [0.5, 0.6) is 0 Å². The Labute approximate surface area is 190 Å². The Morgan fingerprint density at radius 2 is 1.88 bits per heavy atom. The molecule has 2 N–H and O–H groups in total. The van der Waals surface area contributed by atoms with E-state index < -0.39 is 17.0 Å². The first kappa shape index (κ1) is 23.2. The molecule has 0 aliphatic heterocycles. The van der Waals surface area contributed by atoms with Crippen molar-refractivity contribution >= 4 is 35.0 Å². The fraction of sp³-hybridized carbons (Fsp3) is 0.217. The van der Waals surface area contributed by atoms with Crippen LogP contribution in [0.3, 0.4) is 0 Å². The van der Waals surface area contributed by atoms with Crippen molar-refractivity contribution in [2.24, 2.45) is 0 Å². The Balaban J connectivity index is 1.67. The second kappa shape index (κ2) is 10.7. The average molecular weight is 454 g/mol. The largest absolute Gasteiger partial charge is 0.325 e. The Morgan fingerprint density at radius 1 is 1.16 bits per heavy atom. The normalized spacial score (nSPS) is 11.6. The van der Waals surface area contributed by atoms with E-state index in [9.17, 15) is 14.0 Å². The molecular formula is C23H24FN5O2S. The summed E-state index contributed by atoms with van der Waals surface area (Å²) >= 11 is 1.23. The molecule has 0 aliphatic carbocycles. The lowest BCUT2D eigenvalue weighted by molar-refractivity contribution is -0.116. The first-order valence-corrected chi connectivity index (χ1v) is 10.9. The lowest BCUT2D eigenvalue weighted by Crippen LogP contribution is -2.23. The highest BCUT2D eigenvalue weighted by Gasteiger charge is 2.21. The number of nitrogens with zero attached hydrogens (tertiary/aromatic N) is 3. The number of nitrogens with one attached hydrogen (secondary N) is 2. The molecule has 2 amide bonds. The highest BCUT2D eigenvalue weighted by atomic mass is 32.2. The van der Waals surface area contributed by atoms with Crippen molar-refractivity contribution in [3.05, 3.63) is 78.4 Å². The Morgan fingerprint density at radius 3 is 2.56 bits per heavy atom. The van der Waals surface area contributed by atoms with E-state index >= 15 is 0 Å². The molecule has 0 bridgehead atoms. The van der Waals surface area contributed by atoms with Crippen molar-refractivity contribution in [3.63, 3.8) is 0 Å². The first-order chi connectivity index (χ1) is 15.4. The Hall–Kier alpha value is -3.46. The van der Waals surface area contributed by atoms with Crippen LogP contribution in [-0.2, 0) is 22.6 Å². The molecule has 0 spiro atoms. The number of anilines is 2. The van der Waals surface area contributed by atoms with Gasteiger partial charge in [-0.1, -0.05) is 47.7 Å². The zero-order valence-corrected chi connectivity index (χ0v) is 18.7. The van der Waals surface area contributed by atoms with Crippen molar-refractivity contribution in [3.8, 4) is 0 Å². The van der Waals surface area contributed by atoms with Crippen LogP contribution < -0.4 is 10.6 Å².